The summed E-state index contributed by atoms with van der Waals surface area (Å²) in [6.45, 7) is 0. The minimum Gasteiger partial charge on any atom is -0.208 e. The first-order valence-corrected chi connectivity index (χ1v) is 14.5. The molecular weight excluding hydrogens is 543 g/mol. The van der Waals surface area contributed by atoms with Crippen molar-refractivity contribution in [2.75, 3.05) is 0 Å². The summed E-state index contributed by atoms with van der Waals surface area (Å²) in [5.74, 6) is 0.716. The monoisotopic (exact) mass is 574 g/mol. The fourth-order valence-corrected chi connectivity index (χ4v) is 6.15. The number of aromatic nitrogens is 3. The number of benzene rings is 6. The van der Waals surface area contributed by atoms with Crippen molar-refractivity contribution in [1.29, 1.82) is 0 Å². The third-order valence-corrected chi connectivity index (χ3v) is 8.31. The molecule has 0 saturated heterocycles. The SMILES string of the molecule is [2H]c1c([2H])c([2H])c2c(sc3c([2H])c([2H])c([2H])c(-c4nc(-c5ccc(-c6ccccc6)cc5)nc(-c5cccc(-c6ccccc6)c5)n4)c32)c1[2H]. The standard InChI is InChI=1S/C39H25N3S/c1-3-11-26(12-4-1)28-21-23-29(24-22-28)37-40-38(31-16-9-15-30(25-31)27-13-5-2-6-14-27)42-39(41-37)33-18-10-20-35-36(33)32-17-7-8-19-34(32)43-35/h1-25H/i7D,8D,10D,17D,18D,19D,20D. The van der Waals surface area contributed by atoms with Crippen molar-refractivity contribution in [1.82, 2.24) is 15.0 Å². The first-order valence-electron chi connectivity index (χ1n) is 17.2. The second-order valence-electron chi connectivity index (χ2n) is 9.96. The molecule has 0 radical (unpaired) electrons. The predicted octanol–water partition coefficient (Wildman–Crippen LogP) is 10.6. The molecule has 2 heterocycles. The van der Waals surface area contributed by atoms with Gasteiger partial charge in [0.25, 0.3) is 0 Å². The highest BCUT2D eigenvalue weighted by molar-refractivity contribution is 7.25. The number of hydrogen-bond acceptors (Lipinski definition) is 4. The lowest BCUT2D eigenvalue weighted by atomic mass is 10.0. The van der Waals surface area contributed by atoms with Gasteiger partial charge in [-0.1, -0.05) is 133 Å². The molecule has 0 fully saturated rings. The summed E-state index contributed by atoms with van der Waals surface area (Å²) in [6, 6.07) is 33.3. The Labute approximate surface area is 263 Å². The van der Waals surface area contributed by atoms with Gasteiger partial charge in [-0.15, -0.1) is 11.3 Å². The molecule has 0 aliphatic carbocycles. The lowest BCUT2D eigenvalue weighted by Gasteiger charge is -2.11. The first kappa shape index (κ1) is 18.9. The van der Waals surface area contributed by atoms with Gasteiger partial charge in [0.05, 0.1) is 9.60 Å². The van der Waals surface area contributed by atoms with Crippen LogP contribution in [0.5, 0.6) is 0 Å². The summed E-state index contributed by atoms with van der Waals surface area (Å²) in [5, 5.41) is 0.429. The van der Waals surface area contributed by atoms with E-state index in [1.165, 1.54) is 0 Å². The summed E-state index contributed by atoms with van der Waals surface area (Å²) < 4.78 is 61.2. The van der Waals surface area contributed by atoms with Crippen LogP contribution < -0.4 is 0 Å². The van der Waals surface area contributed by atoms with Crippen LogP contribution in [0.15, 0.2) is 151 Å². The lowest BCUT2D eigenvalue weighted by Crippen LogP contribution is -2.00. The highest BCUT2D eigenvalue weighted by atomic mass is 32.1. The van der Waals surface area contributed by atoms with E-state index in [0.29, 0.717) is 22.8 Å². The molecule has 0 unspecified atom stereocenters. The molecule has 3 nitrogen and oxygen atoms in total. The smallest absolute Gasteiger partial charge is 0.164 e. The molecule has 0 aliphatic rings. The maximum Gasteiger partial charge on any atom is 0.164 e. The van der Waals surface area contributed by atoms with E-state index >= 15 is 0 Å². The highest BCUT2D eigenvalue weighted by Crippen LogP contribution is 2.39. The zero-order chi connectivity index (χ0) is 34.7. The number of fused-ring (bicyclic) bond motifs is 3. The van der Waals surface area contributed by atoms with E-state index in [1.807, 2.05) is 109 Å². The normalized spacial score (nSPS) is 13.5. The van der Waals surface area contributed by atoms with Crippen LogP contribution in [-0.2, 0) is 0 Å². The molecule has 8 aromatic rings. The largest absolute Gasteiger partial charge is 0.208 e. The molecule has 43 heavy (non-hydrogen) atoms. The van der Waals surface area contributed by atoms with Gasteiger partial charge in [0.1, 0.15) is 0 Å². The van der Waals surface area contributed by atoms with Gasteiger partial charge in [-0.3, -0.25) is 0 Å². The summed E-state index contributed by atoms with van der Waals surface area (Å²) >= 11 is 1.01. The van der Waals surface area contributed by atoms with Crippen LogP contribution in [0.3, 0.4) is 0 Å². The molecular formula is C39H25N3S. The van der Waals surface area contributed by atoms with Crippen LogP contribution in [0.1, 0.15) is 9.60 Å². The van der Waals surface area contributed by atoms with Crippen molar-refractivity contribution in [3.05, 3.63) is 151 Å². The van der Waals surface area contributed by atoms with Crippen molar-refractivity contribution in [3.63, 3.8) is 0 Å². The van der Waals surface area contributed by atoms with E-state index < -0.39 is 6.04 Å². The molecule has 0 bridgehead atoms. The molecule has 0 saturated carbocycles. The molecule has 0 N–H and O–H groups in total. The Morgan fingerprint density at radius 2 is 1.00 bits per heavy atom. The van der Waals surface area contributed by atoms with Gasteiger partial charge in [-0.25, -0.2) is 15.0 Å². The van der Waals surface area contributed by atoms with Crippen LogP contribution in [-0.4, -0.2) is 15.0 Å². The molecule has 2 aromatic heterocycles. The maximum absolute atomic E-state index is 9.11. The topological polar surface area (TPSA) is 38.7 Å². The van der Waals surface area contributed by atoms with Gasteiger partial charge < -0.3 is 0 Å². The number of rotatable bonds is 5. The molecule has 8 rings (SSSR count). The number of hydrogen-bond donors (Lipinski definition) is 0. The van der Waals surface area contributed by atoms with E-state index in [2.05, 4.69) is 0 Å². The zero-order valence-corrected chi connectivity index (χ0v) is 23.5. The lowest BCUT2D eigenvalue weighted by molar-refractivity contribution is 1.08. The first-order chi connectivity index (χ1) is 24.2. The van der Waals surface area contributed by atoms with E-state index in [1.54, 1.807) is 0 Å². The number of thiophene rings is 1. The average Bonchev–Trinajstić information content (AvgIpc) is 3.57. The van der Waals surface area contributed by atoms with Crippen LogP contribution in [0.4, 0.5) is 0 Å². The van der Waals surface area contributed by atoms with Crippen LogP contribution in [0.2, 0.25) is 0 Å². The Balaban J connectivity index is 1.42. The third kappa shape index (κ3) is 4.78. The summed E-state index contributed by atoms with van der Waals surface area (Å²) in [7, 11) is 0. The summed E-state index contributed by atoms with van der Waals surface area (Å²) in [5.41, 5.74) is 5.54. The molecule has 0 amide bonds. The van der Waals surface area contributed by atoms with Gasteiger partial charge >= 0.3 is 0 Å². The molecule has 0 aliphatic heterocycles. The van der Waals surface area contributed by atoms with Gasteiger partial charge in [-0.05, 0) is 40.4 Å². The molecule has 4 heteroatoms. The average molecular weight is 575 g/mol. The minimum atomic E-state index is -0.422. The predicted molar refractivity (Wildman–Crippen MR) is 180 cm³/mol. The fourth-order valence-electron chi connectivity index (χ4n) is 5.18. The molecule has 6 aromatic carbocycles. The Morgan fingerprint density at radius 1 is 0.442 bits per heavy atom. The van der Waals surface area contributed by atoms with E-state index in [9.17, 15) is 0 Å². The fraction of sp³-hybridized carbons (Fsp3) is 0. The minimum absolute atomic E-state index is 0.0675. The van der Waals surface area contributed by atoms with E-state index in [4.69, 9.17) is 24.5 Å². The van der Waals surface area contributed by atoms with Crippen molar-refractivity contribution in [3.8, 4) is 56.4 Å². The van der Waals surface area contributed by atoms with Gasteiger partial charge in [-0.2, -0.15) is 0 Å². The van der Waals surface area contributed by atoms with Crippen LogP contribution >= 0.6 is 11.3 Å². The quantitative estimate of drug-likeness (QED) is 0.205. The summed E-state index contributed by atoms with van der Waals surface area (Å²) in [4.78, 5) is 14.7. The third-order valence-electron chi connectivity index (χ3n) is 7.28. The van der Waals surface area contributed by atoms with Gasteiger partial charge in [0.2, 0.25) is 0 Å². The highest BCUT2D eigenvalue weighted by Gasteiger charge is 2.17. The Hall–Kier alpha value is -5.45. The Bertz CT molecular complexity index is 2610. The Kier molecular flexibility index (Phi) is 4.72. The van der Waals surface area contributed by atoms with Gasteiger partial charge in [0.15, 0.2) is 17.5 Å². The zero-order valence-electron chi connectivity index (χ0n) is 29.6. The van der Waals surface area contributed by atoms with E-state index in [-0.39, 0.29) is 67.8 Å². The second-order valence-corrected chi connectivity index (χ2v) is 11.0. The van der Waals surface area contributed by atoms with Crippen molar-refractivity contribution < 1.29 is 9.60 Å². The van der Waals surface area contributed by atoms with E-state index in [0.717, 1.165) is 33.6 Å². The molecule has 0 atom stereocenters. The van der Waals surface area contributed by atoms with Crippen LogP contribution in [0.25, 0.3) is 76.6 Å². The van der Waals surface area contributed by atoms with Crippen molar-refractivity contribution in [2.45, 2.75) is 0 Å². The number of nitrogens with zero attached hydrogens (tertiary/aromatic N) is 3. The van der Waals surface area contributed by atoms with Crippen LogP contribution in [0, 0.1) is 0 Å². The Morgan fingerprint density at radius 3 is 1.77 bits per heavy atom. The summed E-state index contributed by atoms with van der Waals surface area (Å²) in [6.07, 6.45) is 0. The van der Waals surface area contributed by atoms with Crippen molar-refractivity contribution >= 4 is 31.5 Å². The van der Waals surface area contributed by atoms with Crippen molar-refractivity contribution in [2.24, 2.45) is 0 Å². The second kappa shape index (κ2) is 10.8. The molecule has 0 spiro atoms. The van der Waals surface area contributed by atoms with Gasteiger partial charge in [0, 0.05) is 36.9 Å². The maximum atomic E-state index is 9.11. The molecule has 202 valence electrons.